The molecule has 4 aromatic heterocycles. The van der Waals surface area contributed by atoms with Crippen LogP contribution in [0.1, 0.15) is 151 Å². The molecule has 2 amide bonds. The Hall–Kier alpha value is -4.77. The fourth-order valence-corrected chi connectivity index (χ4v) is 9.10. The number of carbonyl (C=O) groups is 2. The third-order valence-corrected chi connectivity index (χ3v) is 12.6. The number of likely N-dealkylation sites (tertiary alicyclic amines) is 2. The predicted molar refractivity (Wildman–Crippen MR) is 260 cm³/mol. The van der Waals surface area contributed by atoms with Gasteiger partial charge < -0.3 is 30.3 Å². The summed E-state index contributed by atoms with van der Waals surface area (Å²) in [7, 11) is 0. The van der Waals surface area contributed by atoms with Gasteiger partial charge in [0.2, 0.25) is 5.95 Å². The van der Waals surface area contributed by atoms with Gasteiger partial charge in [0.1, 0.15) is 22.5 Å². The maximum absolute atomic E-state index is 12.8. The van der Waals surface area contributed by atoms with Crippen LogP contribution in [0, 0.1) is 0 Å². The van der Waals surface area contributed by atoms with Gasteiger partial charge in [0, 0.05) is 85.6 Å². The lowest BCUT2D eigenvalue weighted by Gasteiger charge is -2.34. The van der Waals surface area contributed by atoms with E-state index in [9.17, 15) is 19.2 Å². The number of fused-ring (bicyclic) bond motifs is 2. The van der Waals surface area contributed by atoms with Gasteiger partial charge in [-0.15, -0.1) is 0 Å². The lowest BCUT2D eigenvalue weighted by Crippen LogP contribution is -2.43. The molecular formula is C48H74N10O6S. The molecule has 2 aliphatic heterocycles. The molecule has 0 spiro atoms. The van der Waals surface area contributed by atoms with Gasteiger partial charge in [-0.1, -0.05) is 57.7 Å². The number of hydrogen-bond acceptors (Lipinski definition) is 13. The molecule has 0 bridgehead atoms. The van der Waals surface area contributed by atoms with E-state index in [1.165, 1.54) is 63.1 Å². The Morgan fingerprint density at radius 3 is 1.49 bits per heavy atom. The van der Waals surface area contributed by atoms with Crippen LogP contribution in [0.4, 0.5) is 15.5 Å². The molecular weight excluding hydrogens is 845 g/mol. The third kappa shape index (κ3) is 14.6. The van der Waals surface area contributed by atoms with Crippen molar-refractivity contribution in [2.45, 2.75) is 179 Å². The van der Waals surface area contributed by atoms with Gasteiger partial charge in [-0.05, 0) is 111 Å². The van der Waals surface area contributed by atoms with E-state index < -0.39 is 11.2 Å². The number of anilines is 1. The number of aromatic nitrogens is 6. The number of nitrogens with two attached hydrogens (primary N) is 1. The summed E-state index contributed by atoms with van der Waals surface area (Å²) in [5.74, 6) is 0.588. The fraction of sp³-hybridized carbons (Fsp3) is 0.667. The van der Waals surface area contributed by atoms with Crippen LogP contribution in [-0.4, -0.2) is 107 Å². The molecule has 2 saturated carbocycles. The summed E-state index contributed by atoms with van der Waals surface area (Å²) < 4.78 is 14.5. The second-order valence-corrected chi connectivity index (χ2v) is 20.2. The van der Waals surface area contributed by atoms with Crippen LogP contribution in [0.2, 0.25) is 0 Å². The molecule has 0 radical (unpaired) electrons. The van der Waals surface area contributed by atoms with E-state index in [4.69, 9.17) is 20.2 Å². The highest BCUT2D eigenvalue weighted by Crippen LogP contribution is 2.28. The van der Waals surface area contributed by atoms with Crippen LogP contribution < -0.4 is 22.2 Å². The van der Waals surface area contributed by atoms with Crippen molar-refractivity contribution in [3.8, 4) is 0 Å². The molecule has 2 aliphatic carbocycles. The molecule has 4 aliphatic rings. The zero-order chi connectivity index (χ0) is 46.0. The van der Waals surface area contributed by atoms with E-state index in [-0.39, 0.29) is 42.8 Å². The number of rotatable bonds is 5. The Morgan fingerprint density at radius 1 is 0.646 bits per heavy atom. The van der Waals surface area contributed by atoms with Crippen molar-refractivity contribution in [1.82, 2.24) is 38.9 Å². The Morgan fingerprint density at radius 2 is 1.08 bits per heavy atom. The Balaban J connectivity index is 0.000000211. The van der Waals surface area contributed by atoms with Crippen LogP contribution >= 0.6 is 11.8 Å². The molecule has 2 saturated heterocycles. The molecule has 6 heterocycles. The summed E-state index contributed by atoms with van der Waals surface area (Å²) in [6.45, 7) is 13.4. The molecule has 16 nitrogen and oxygen atoms in total. The van der Waals surface area contributed by atoms with Crippen molar-refractivity contribution in [1.29, 1.82) is 0 Å². The van der Waals surface area contributed by atoms with Gasteiger partial charge >= 0.3 is 12.2 Å². The van der Waals surface area contributed by atoms with E-state index in [1.807, 2.05) is 47.8 Å². The summed E-state index contributed by atoms with van der Waals surface area (Å²) in [6.07, 6.45) is 20.3. The molecule has 17 heteroatoms. The van der Waals surface area contributed by atoms with Gasteiger partial charge in [0.25, 0.3) is 11.1 Å². The van der Waals surface area contributed by atoms with Crippen molar-refractivity contribution < 1.29 is 19.1 Å². The van der Waals surface area contributed by atoms with Gasteiger partial charge in [-0.2, -0.15) is 4.98 Å². The van der Waals surface area contributed by atoms with E-state index in [2.05, 4.69) is 20.3 Å². The standard InChI is InChI=1S/C23H33N5O3.C18H24N4O3S.C6H13N.CH4/c1-23(2,3)31-22(30)27-13-11-18(12-14-27)28-19(29)10-9-16-15-24-21(26-20(16)28)25-17-7-5-4-6-8-17;1-18(2,3)25-17(24)21-9-7-13(8-10-21)22-14(23)6-5-12-11-19-16(26-4)20-15(12)22;7-6-4-2-1-3-5-6;/h9-10,15,17-18H,4-8,11-14H2,1-3H3,(H,24,25,26);5-6,11,13H,7-10H2,1-4H3;6H,1-5,7H2;1H4. The highest BCUT2D eigenvalue weighted by atomic mass is 32.2. The van der Waals surface area contributed by atoms with Crippen LogP contribution in [0.3, 0.4) is 0 Å². The highest BCUT2D eigenvalue weighted by Gasteiger charge is 2.30. The summed E-state index contributed by atoms with van der Waals surface area (Å²) in [5.41, 5.74) is 5.80. The number of ether oxygens (including phenoxy) is 2. The van der Waals surface area contributed by atoms with E-state index >= 15 is 0 Å². The van der Waals surface area contributed by atoms with Crippen LogP contribution in [-0.2, 0) is 9.47 Å². The Kier molecular flexibility index (Phi) is 18.2. The second-order valence-electron chi connectivity index (χ2n) is 19.5. The van der Waals surface area contributed by atoms with Crippen LogP contribution in [0.15, 0.2) is 51.4 Å². The lowest BCUT2D eigenvalue weighted by molar-refractivity contribution is 0.0178. The number of piperidine rings is 2. The van der Waals surface area contributed by atoms with Crippen molar-refractivity contribution in [3.63, 3.8) is 0 Å². The number of hydrogen-bond donors (Lipinski definition) is 2. The average molecular weight is 919 g/mol. The zero-order valence-corrected chi connectivity index (χ0v) is 39.8. The number of thioether (sulfide) groups is 1. The molecule has 3 N–H and O–H groups in total. The normalized spacial score (nSPS) is 18.2. The first-order chi connectivity index (χ1) is 30.5. The van der Waals surface area contributed by atoms with Crippen molar-refractivity contribution >= 4 is 52.0 Å². The van der Waals surface area contributed by atoms with Crippen LogP contribution in [0.5, 0.6) is 0 Å². The molecule has 0 unspecified atom stereocenters. The number of nitrogens with zero attached hydrogens (tertiary/aromatic N) is 8. The third-order valence-electron chi connectivity index (χ3n) is 12.0. The first-order valence-corrected chi connectivity index (χ1v) is 24.5. The van der Waals surface area contributed by atoms with Crippen molar-refractivity contribution in [2.75, 3.05) is 37.8 Å². The van der Waals surface area contributed by atoms with Gasteiger partial charge in [-0.3, -0.25) is 18.7 Å². The number of pyridine rings is 2. The molecule has 0 atom stereocenters. The van der Waals surface area contributed by atoms with Crippen LogP contribution in [0.25, 0.3) is 22.1 Å². The zero-order valence-electron chi connectivity index (χ0n) is 39.0. The smallest absolute Gasteiger partial charge is 0.410 e. The maximum Gasteiger partial charge on any atom is 0.410 e. The maximum atomic E-state index is 12.8. The monoisotopic (exact) mass is 919 g/mol. The average Bonchev–Trinajstić information content (AvgIpc) is 3.26. The molecule has 4 fully saturated rings. The Labute approximate surface area is 388 Å². The minimum Gasteiger partial charge on any atom is -0.444 e. The Bertz CT molecular complexity index is 2300. The molecule has 65 heavy (non-hydrogen) atoms. The number of nitrogens with one attached hydrogen (secondary N) is 1. The number of amides is 2. The quantitative estimate of drug-likeness (QED) is 0.142. The summed E-state index contributed by atoms with van der Waals surface area (Å²) in [6, 6.07) is 7.62. The molecule has 358 valence electrons. The minimum absolute atomic E-state index is 0. The van der Waals surface area contributed by atoms with E-state index in [0.717, 1.165) is 23.6 Å². The molecule has 4 aromatic rings. The minimum atomic E-state index is -0.515. The molecule has 0 aromatic carbocycles. The van der Waals surface area contributed by atoms with Gasteiger partial charge in [-0.25, -0.2) is 24.5 Å². The molecule has 8 rings (SSSR count). The van der Waals surface area contributed by atoms with Crippen molar-refractivity contribution in [2.24, 2.45) is 5.73 Å². The van der Waals surface area contributed by atoms with E-state index in [1.54, 1.807) is 55.6 Å². The van der Waals surface area contributed by atoms with Crippen molar-refractivity contribution in [3.05, 3.63) is 57.4 Å². The first-order valence-electron chi connectivity index (χ1n) is 23.3. The predicted octanol–water partition coefficient (Wildman–Crippen LogP) is 9.11. The largest absolute Gasteiger partial charge is 0.444 e. The summed E-state index contributed by atoms with van der Waals surface area (Å²) in [4.78, 5) is 71.4. The summed E-state index contributed by atoms with van der Waals surface area (Å²) in [5, 5.41) is 5.80. The first kappa shape index (κ1) is 51.2. The SMILES string of the molecule is C.CC(C)(C)OC(=O)N1CCC(n2c(=O)ccc3cnc(NC4CCCCC4)nc32)CC1.CSc1ncc2ccc(=O)n(C3CCN(C(=O)OC(C)(C)C)CC3)c2n1.NC1CCCCC1. The highest BCUT2D eigenvalue weighted by molar-refractivity contribution is 7.98. The second kappa shape index (κ2) is 23.1. The lowest BCUT2D eigenvalue weighted by atomic mass is 9.96. The van der Waals surface area contributed by atoms with Gasteiger partial charge in [0.05, 0.1) is 0 Å². The van der Waals surface area contributed by atoms with Gasteiger partial charge in [0.15, 0.2) is 5.16 Å². The van der Waals surface area contributed by atoms with E-state index in [0.29, 0.717) is 86.3 Å². The topological polar surface area (TPSA) is 193 Å². The number of carbonyl (C=O) groups excluding carboxylic acids is 2. The summed E-state index contributed by atoms with van der Waals surface area (Å²) >= 11 is 1.45. The fourth-order valence-electron chi connectivity index (χ4n) is 8.76.